The average Bonchev–Trinajstić information content (AvgIpc) is 3.17. The van der Waals surface area contributed by atoms with Crippen LogP contribution in [0, 0.1) is 0 Å². The first kappa shape index (κ1) is 21.4. The van der Waals surface area contributed by atoms with E-state index in [2.05, 4.69) is 22.8 Å². The lowest BCUT2D eigenvalue weighted by atomic mass is 10.1. The number of amides is 2. The minimum Gasteiger partial charge on any atom is -0.351 e. The van der Waals surface area contributed by atoms with E-state index in [4.69, 9.17) is 0 Å². The number of carbonyl (C=O) groups excluding carboxylic acids is 2. The Morgan fingerprint density at radius 1 is 1.22 bits per heavy atom. The van der Waals surface area contributed by atoms with Gasteiger partial charge in [0.15, 0.2) is 0 Å². The van der Waals surface area contributed by atoms with Crippen LogP contribution in [0.25, 0.3) is 0 Å². The number of hydrogen-bond acceptors (Lipinski definition) is 4. The zero-order chi connectivity index (χ0) is 18.2. The van der Waals surface area contributed by atoms with Crippen LogP contribution in [-0.4, -0.2) is 42.4 Å². The lowest BCUT2D eigenvalue weighted by Gasteiger charge is -2.33. The van der Waals surface area contributed by atoms with Gasteiger partial charge in [0, 0.05) is 24.5 Å². The third-order valence-corrected chi connectivity index (χ3v) is 5.42. The SMILES string of the molecule is Cl.O=C(CC1NCCN(CCCc2ccccc2)C1=O)NCc1cccs1. The Bertz CT molecular complexity index is 709. The first-order valence-electron chi connectivity index (χ1n) is 9.07. The number of thiophene rings is 1. The van der Waals surface area contributed by atoms with Crippen molar-refractivity contribution in [3.05, 3.63) is 58.3 Å². The van der Waals surface area contributed by atoms with Crippen molar-refractivity contribution in [3.63, 3.8) is 0 Å². The quantitative estimate of drug-likeness (QED) is 0.707. The number of hydrogen-bond donors (Lipinski definition) is 2. The van der Waals surface area contributed by atoms with Crippen molar-refractivity contribution in [1.29, 1.82) is 0 Å². The molecule has 1 aromatic heterocycles. The van der Waals surface area contributed by atoms with Crippen LogP contribution in [0.2, 0.25) is 0 Å². The fourth-order valence-electron chi connectivity index (χ4n) is 3.15. The predicted molar refractivity (Wildman–Crippen MR) is 111 cm³/mol. The second-order valence-electron chi connectivity index (χ2n) is 6.48. The molecule has 0 bridgehead atoms. The summed E-state index contributed by atoms with van der Waals surface area (Å²) in [5.74, 6) is -0.0500. The van der Waals surface area contributed by atoms with Crippen molar-refractivity contribution in [2.45, 2.75) is 31.8 Å². The Balaban J connectivity index is 0.00000261. The molecule has 0 saturated carbocycles. The van der Waals surface area contributed by atoms with E-state index >= 15 is 0 Å². The van der Waals surface area contributed by atoms with Gasteiger partial charge >= 0.3 is 0 Å². The lowest BCUT2D eigenvalue weighted by molar-refractivity contribution is -0.138. The number of nitrogens with one attached hydrogen (secondary N) is 2. The molecule has 1 fully saturated rings. The van der Waals surface area contributed by atoms with Crippen LogP contribution >= 0.6 is 23.7 Å². The Morgan fingerprint density at radius 3 is 2.78 bits per heavy atom. The zero-order valence-corrected chi connectivity index (χ0v) is 16.9. The van der Waals surface area contributed by atoms with Gasteiger partial charge < -0.3 is 15.5 Å². The molecule has 27 heavy (non-hydrogen) atoms. The Morgan fingerprint density at radius 2 is 2.04 bits per heavy atom. The Labute approximate surface area is 170 Å². The molecule has 2 heterocycles. The molecule has 1 aromatic carbocycles. The first-order valence-corrected chi connectivity index (χ1v) is 9.95. The molecule has 1 aliphatic heterocycles. The Kier molecular flexibility index (Phi) is 8.78. The minimum absolute atomic E-state index is 0. The molecule has 2 amide bonds. The summed E-state index contributed by atoms with van der Waals surface area (Å²) in [7, 11) is 0. The molecule has 1 unspecified atom stereocenters. The molecular weight excluding hydrogens is 382 g/mol. The van der Waals surface area contributed by atoms with Gasteiger partial charge in [-0.3, -0.25) is 9.59 Å². The molecule has 146 valence electrons. The molecular formula is C20H26ClN3O2S. The summed E-state index contributed by atoms with van der Waals surface area (Å²) in [6.45, 7) is 2.71. The zero-order valence-electron chi connectivity index (χ0n) is 15.2. The molecule has 3 rings (SSSR count). The van der Waals surface area contributed by atoms with Crippen LogP contribution < -0.4 is 10.6 Å². The molecule has 5 nitrogen and oxygen atoms in total. The van der Waals surface area contributed by atoms with Crippen LogP contribution in [-0.2, 0) is 22.6 Å². The summed E-state index contributed by atoms with van der Waals surface area (Å²) in [6, 6.07) is 13.9. The van der Waals surface area contributed by atoms with E-state index in [1.54, 1.807) is 11.3 Å². The molecule has 1 aliphatic rings. The third-order valence-electron chi connectivity index (χ3n) is 4.55. The van der Waals surface area contributed by atoms with E-state index in [1.807, 2.05) is 40.6 Å². The maximum Gasteiger partial charge on any atom is 0.240 e. The highest BCUT2D eigenvalue weighted by Gasteiger charge is 2.29. The van der Waals surface area contributed by atoms with Crippen LogP contribution in [0.4, 0.5) is 0 Å². The molecule has 0 spiro atoms. The van der Waals surface area contributed by atoms with E-state index in [1.165, 1.54) is 5.56 Å². The van der Waals surface area contributed by atoms with Crippen LogP contribution in [0.5, 0.6) is 0 Å². The molecule has 7 heteroatoms. The summed E-state index contributed by atoms with van der Waals surface area (Å²) in [5.41, 5.74) is 1.29. The standard InChI is InChI=1S/C20H25N3O2S.ClH/c24-19(22-15-17-9-5-13-26-17)14-18-20(25)23(12-10-21-18)11-4-8-16-6-2-1-3-7-16;/h1-3,5-7,9,13,18,21H,4,8,10-12,14-15H2,(H,22,24);1H. The third kappa shape index (κ3) is 6.65. The summed E-state index contributed by atoms with van der Waals surface area (Å²) in [4.78, 5) is 27.8. The van der Waals surface area contributed by atoms with Gasteiger partial charge in [-0.25, -0.2) is 0 Å². The number of piperazine rings is 1. The van der Waals surface area contributed by atoms with Crippen molar-refractivity contribution in [1.82, 2.24) is 15.5 Å². The van der Waals surface area contributed by atoms with E-state index < -0.39 is 6.04 Å². The van der Waals surface area contributed by atoms with Gasteiger partial charge in [0.1, 0.15) is 0 Å². The van der Waals surface area contributed by atoms with Crippen molar-refractivity contribution in [3.8, 4) is 0 Å². The molecule has 2 N–H and O–H groups in total. The smallest absolute Gasteiger partial charge is 0.240 e. The average molecular weight is 408 g/mol. The van der Waals surface area contributed by atoms with Gasteiger partial charge in [-0.05, 0) is 29.9 Å². The topological polar surface area (TPSA) is 61.4 Å². The summed E-state index contributed by atoms with van der Waals surface area (Å²) in [5, 5.41) is 8.06. The number of aryl methyl sites for hydroxylation is 1. The number of rotatable bonds is 8. The number of carbonyl (C=O) groups is 2. The number of benzene rings is 1. The second kappa shape index (κ2) is 11.1. The fraction of sp³-hybridized carbons (Fsp3) is 0.400. The molecule has 1 saturated heterocycles. The van der Waals surface area contributed by atoms with Crippen molar-refractivity contribution >= 4 is 35.6 Å². The monoisotopic (exact) mass is 407 g/mol. The first-order chi connectivity index (χ1) is 12.7. The highest BCUT2D eigenvalue weighted by Crippen LogP contribution is 2.10. The van der Waals surface area contributed by atoms with E-state index in [9.17, 15) is 9.59 Å². The maximum absolute atomic E-state index is 12.6. The largest absolute Gasteiger partial charge is 0.351 e. The molecule has 0 aliphatic carbocycles. The second-order valence-corrected chi connectivity index (χ2v) is 7.51. The summed E-state index contributed by atoms with van der Waals surface area (Å²) >= 11 is 1.61. The fourth-order valence-corrected chi connectivity index (χ4v) is 3.79. The number of nitrogens with zero attached hydrogens (tertiary/aromatic N) is 1. The lowest BCUT2D eigenvalue weighted by Crippen LogP contribution is -2.56. The van der Waals surface area contributed by atoms with Gasteiger partial charge in [0.25, 0.3) is 0 Å². The molecule has 2 aromatic rings. The molecule has 0 radical (unpaired) electrons. The van der Waals surface area contributed by atoms with E-state index in [-0.39, 0.29) is 30.6 Å². The van der Waals surface area contributed by atoms with Gasteiger partial charge in [-0.2, -0.15) is 0 Å². The van der Waals surface area contributed by atoms with Crippen LogP contribution in [0.3, 0.4) is 0 Å². The van der Waals surface area contributed by atoms with Crippen molar-refractivity contribution in [2.75, 3.05) is 19.6 Å². The van der Waals surface area contributed by atoms with Gasteiger partial charge in [-0.1, -0.05) is 36.4 Å². The Hall–Kier alpha value is -1.89. The van der Waals surface area contributed by atoms with Crippen molar-refractivity contribution < 1.29 is 9.59 Å². The van der Waals surface area contributed by atoms with Crippen LogP contribution in [0.15, 0.2) is 47.8 Å². The van der Waals surface area contributed by atoms with Gasteiger partial charge in [0.2, 0.25) is 11.8 Å². The van der Waals surface area contributed by atoms with E-state index in [0.717, 1.165) is 30.8 Å². The maximum atomic E-state index is 12.6. The van der Waals surface area contributed by atoms with E-state index in [0.29, 0.717) is 13.1 Å². The highest BCUT2D eigenvalue weighted by molar-refractivity contribution is 7.09. The van der Waals surface area contributed by atoms with Gasteiger partial charge in [0.05, 0.1) is 19.0 Å². The summed E-state index contributed by atoms with van der Waals surface area (Å²) < 4.78 is 0. The van der Waals surface area contributed by atoms with Gasteiger partial charge in [-0.15, -0.1) is 23.7 Å². The molecule has 1 atom stereocenters. The number of halogens is 1. The summed E-state index contributed by atoms with van der Waals surface area (Å²) in [6.07, 6.45) is 2.09. The normalized spacial score (nSPS) is 16.7. The predicted octanol–water partition coefficient (Wildman–Crippen LogP) is 2.61. The van der Waals surface area contributed by atoms with Crippen molar-refractivity contribution in [2.24, 2.45) is 0 Å². The highest BCUT2D eigenvalue weighted by atomic mass is 35.5. The minimum atomic E-state index is -0.413. The van der Waals surface area contributed by atoms with Crippen LogP contribution in [0.1, 0.15) is 23.3 Å².